The van der Waals surface area contributed by atoms with Crippen LogP contribution in [0.2, 0.25) is 0 Å². The first-order valence-corrected chi connectivity index (χ1v) is 8.47. The number of ether oxygens (including phenoxy) is 1. The Bertz CT molecular complexity index is 740. The molecule has 1 unspecified atom stereocenters. The van der Waals surface area contributed by atoms with Crippen LogP contribution in [0.15, 0.2) is 42.5 Å². The molecule has 1 aliphatic heterocycles. The van der Waals surface area contributed by atoms with Crippen LogP contribution in [-0.4, -0.2) is 18.6 Å². The van der Waals surface area contributed by atoms with E-state index < -0.39 is 0 Å². The molecule has 0 aromatic heterocycles. The lowest BCUT2D eigenvalue weighted by Crippen LogP contribution is -2.26. The monoisotopic (exact) mass is 324 g/mol. The highest BCUT2D eigenvalue weighted by molar-refractivity contribution is 5.95. The van der Waals surface area contributed by atoms with Gasteiger partial charge in [-0.15, -0.1) is 0 Å². The zero-order valence-electron chi connectivity index (χ0n) is 14.4. The molecule has 1 amide bonds. The molecule has 0 saturated carbocycles. The third kappa shape index (κ3) is 3.70. The first-order valence-electron chi connectivity index (χ1n) is 8.47. The van der Waals surface area contributed by atoms with E-state index in [4.69, 9.17) is 4.74 Å². The van der Waals surface area contributed by atoms with Crippen LogP contribution in [0.25, 0.3) is 0 Å². The summed E-state index contributed by atoms with van der Waals surface area (Å²) in [6.07, 6.45) is 1.10. The first kappa shape index (κ1) is 16.4. The molecule has 0 spiro atoms. The van der Waals surface area contributed by atoms with Crippen LogP contribution in [0, 0.1) is 0 Å². The van der Waals surface area contributed by atoms with Crippen molar-refractivity contribution in [3.05, 3.63) is 59.2 Å². The van der Waals surface area contributed by atoms with Gasteiger partial charge in [0.25, 0.3) is 5.91 Å². The van der Waals surface area contributed by atoms with Crippen molar-refractivity contribution in [2.75, 3.05) is 11.9 Å². The summed E-state index contributed by atoms with van der Waals surface area (Å²) in [6, 6.07) is 13.6. The Hall–Kier alpha value is -2.49. The number of nitrogens with one attached hydrogen (secondary N) is 2. The number of anilines is 1. The lowest BCUT2D eigenvalue weighted by atomic mass is 10.1. The zero-order valence-corrected chi connectivity index (χ0v) is 14.4. The summed E-state index contributed by atoms with van der Waals surface area (Å²) in [7, 11) is 0. The van der Waals surface area contributed by atoms with Crippen molar-refractivity contribution in [3.63, 3.8) is 0 Å². The summed E-state index contributed by atoms with van der Waals surface area (Å²) in [5.41, 5.74) is 4.09. The van der Waals surface area contributed by atoms with Crippen molar-refractivity contribution in [1.29, 1.82) is 0 Å². The van der Waals surface area contributed by atoms with Gasteiger partial charge < -0.3 is 15.4 Å². The maximum atomic E-state index is 12.5. The number of carbonyl (C=O) groups is 1. The highest BCUT2D eigenvalue weighted by Gasteiger charge is 2.16. The second kappa shape index (κ2) is 6.95. The summed E-state index contributed by atoms with van der Waals surface area (Å²) < 4.78 is 5.73. The lowest BCUT2D eigenvalue weighted by Gasteiger charge is -2.17. The minimum absolute atomic E-state index is 0.0487. The fraction of sp³-hybridized carbons (Fsp3) is 0.350. The Kier molecular flexibility index (Phi) is 4.74. The van der Waals surface area contributed by atoms with Crippen molar-refractivity contribution in [2.24, 2.45) is 0 Å². The van der Waals surface area contributed by atoms with Gasteiger partial charge in [-0.2, -0.15) is 0 Å². The molecule has 1 aliphatic rings. The number of rotatable bonds is 5. The average Bonchev–Trinajstić information content (AvgIpc) is 3.02. The average molecular weight is 324 g/mol. The first-order chi connectivity index (χ1) is 11.5. The van der Waals surface area contributed by atoms with E-state index >= 15 is 0 Å². The van der Waals surface area contributed by atoms with Gasteiger partial charge in [0.2, 0.25) is 0 Å². The zero-order chi connectivity index (χ0) is 17.1. The van der Waals surface area contributed by atoms with Crippen molar-refractivity contribution in [2.45, 2.75) is 39.3 Å². The van der Waals surface area contributed by atoms with Crippen molar-refractivity contribution < 1.29 is 9.53 Å². The van der Waals surface area contributed by atoms with E-state index in [1.165, 1.54) is 5.56 Å². The molecule has 2 aromatic rings. The van der Waals surface area contributed by atoms with Gasteiger partial charge in [0.1, 0.15) is 5.75 Å². The number of hydrogen-bond donors (Lipinski definition) is 2. The summed E-state index contributed by atoms with van der Waals surface area (Å²) in [4.78, 5) is 12.5. The van der Waals surface area contributed by atoms with Crippen LogP contribution in [0.3, 0.4) is 0 Å². The van der Waals surface area contributed by atoms with Crippen molar-refractivity contribution >= 4 is 11.6 Å². The number of hydrogen-bond acceptors (Lipinski definition) is 3. The Morgan fingerprint density at radius 2 is 2.00 bits per heavy atom. The largest absolute Gasteiger partial charge is 0.491 e. The molecule has 4 heteroatoms. The molecule has 1 heterocycles. The minimum atomic E-state index is -0.0837. The molecular weight excluding hydrogens is 300 g/mol. The molecule has 0 radical (unpaired) electrons. The van der Waals surface area contributed by atoms with Crippen LogP contribution in [0.1, 0.15) is 48.3 Å². The molecule has 0 fully saturated rings. The van der Waals surface area contributed by atoms with Gasteiger partial charge in [-0.25, -0.2) is 0 Å². The smallest absolute Gasteiger partial charge is 0.251 e. The van der Waals surface area contributed by atoms with E-state index in [0.29, 0.717) is 5.56 Å². The van der Waals surface area contributed by atoms with E-state index in [2.05, 4.69) is 10.6 Å². The molecule has 0 bridgehead atoms. The second-order valence-corrected chi connectivity index (χ2v) is 6.48. The number of benzene rings is 2. The SMILES string of the molecule is CC(C)Oc1cccc(C(C)NC(=O)c2ccc3c(c2)CCN3)c1. The third-order valence-corrected chi connectivity index (χ3v) is 4.15. The fourth-order valence-electron chi connectivity index (χ4n) is 2.94. The van der Waals surface area contributed by atoms with Gasteiger partial charge in [0, 0.05) is 17.8 Å². The van der Waals surface area contributed by atoms with Crippen LogP contribution in [-0.2, 0) is 6.42 Å². The molecule has 1 atom stereocenters. The molecular formula is C20H24N2O2. The molecule has 126 valence electrons. The predicted molar refractivity (Wildman–Crippen MR) is 96.7 cm³/mol. The Balaban J connectivity index is 1.70. The third-order valence-electron chi connectivity index (χ3n) is 4.15. The number of amides is 1. The van der Waals surface area contributed by atoms with E-state index in [9.17, 15) is 4.79 Å². The topological polar surface area (TPSA) is 50.4 Å². The van der Waals surface area contributed by atoms with Gasteiger partial charge in [0.15, 0.2) is 0 Å². The fourth-order valence-corrected chi connectivity index (χ4v) is 2.94. The molecule has 0 aliphatic carbocycles. The van der Waals surface area contributed by atoms with Gasteiger partial charge in [-0.05, 0) is 68.7 Å². The lowest BCUT2D eigenvalue weighted by molar-refractivity contribution is 0.0939. The van der Waals surface area contributed by atoms with E-state index in [1.807, 2.05) is 63.2 Å². The van der Waals surface area contributed by atoms with Crippen LogP contribution >= 0.6 is 0 Å². The Labute approximate surface area is 143 Å². The number of fused-ring (bicyclic) bond motifs is 1. The standard InChI is InChI=1S/C20H24N2O2/c1-13(2)24-18-6-4-5-15(12-18)14(3)22-20(23)17-7-8-19-16(11-17)9-10-21-19/h4-8,11-14,21H,9-10H2,1-3H3,(H,22,23). The normalized spacial score (nSPS) is 14.0. The summed E-state index contributed by atoms with van der Waals surface area (Å²) in [5.74, 6) is 0.777. The van der Waals surface area contributed by atoms with Gasteiger partial charge >= 0.3 is 0 Å². The molecule has 2 aromatic carbocycles. The highest BCUT2D eigenvalue weighted by Crippen LogP contribution is 2.24. The van der Waals surface area contributed by atoms with Gasteiger partial charge in [-0.3, -0.25) is 4.79 Å². The second-order valence-electron chi connectivity index (χ2n) is 6.48. The van der Waals surface area contributed by atoms with Crippen LogP contribution < -0.4 is 15.4 Å². The Morgan fingerprint density at radius 1 is 1.17 bits per heavy atom. The van der Waals surface area contributed by atoms with E-state index in [0.717, 1.165) is 30.0 Å². The minimum Gasteiger partial charge on any atom is -0.491 e. The van der Waals surface area contributed by atoms with E-state index in [1.54, 1.807) is 0 Å². The van der Waals surface area contributed by atoms with Crippen molar-refractivity contribution in [1.82, 2.24) is 5.32 Å². The molecule has 4 nitrogen and oxygen atoms in total. The van der Waals surface area contributed by atoms with Gasteiger partial charge in [-0.1, -0.05) is 12.1 Å². The van der Waals surface area contributed by atoms with E-state index in [-0.39, 0.29) is 18.1 Å². The van der Waals surface area contributed by atoms with Crippen LogP contribution in [0.5, 0.6) is 5.75 Å². The Morgan fingerprint density at radius 3 is 2.79 bits per heavy atom. The summed E-state index contributed by atoms with van der Waals surface area (Å²) >= 11 is 0. The number of carbonyl (C=O) groups excluding carboxylic acids is 1. The summed E-state index contributed by atoms with van der Waals surface area (Å²) in [6.45, 7) is 6.93. The van der Waals surface area contributed by atoms with Gasteiger partial charge in [0.05, 0.1) is 12.1 Å². The highest BCUT2D eigenvalue weighted by atomic mass is 16.5. The van der Waals surface area contributed by atoms with Crippen molar-refractivity contribution in [3.8, 4) is 5.75 Å². The molecule has 0 saturated heterocycles. The predicted octanol–water partition coefficient (Wildman–Crippen LogP) is 3.93. The maximum Gasteiger partial charge on any atom is 0.251 e. The molecule has 2 N–H and O–H groups in total. The molecule has 24 heavy (non-hydrogen) atoms. The summed E-state index contributed by atoms with van der Waals surface area (Å²) in [5, 5.41) is 6.38. The maximum absolute atomic E-state index is 12.5. The van der Waals surface area contributed by atoms with Crippen LogP contribution in [0.4, 0.5) is 5.69 Å². The molecule has 3 rings (SSSR count). The quantitative estimate of drug-likeness (QED) is 0.876.